The van der Waals surface area contributed by atoms with E-state index in [2.05, 4.69) is 0 Å². The molecule has 0 radical (unpaired) electrons. The van der Waals surface area contributed by atoms with E-state index in [0.29, 0.717) is 18.5 Å². The summed E-state index contributed by atoms with van der Waals surface area (Å²) in [5, 5.41) is 21.0. The number of anilines is 1. The van der Waals surface area contributed by atoms with Gasteiger partial charge in [-0.1, -0.05) is 11.6 Å². The molecule has 142 valence electrons. The van der Waals surface area contributed by atoms with Crippen LogP contribution in [0.1, 0.15) is 35.7 Å². The van der Waals surface area contributed by atoms with Crippen LogP contribution in [0.25, 0.3) is 10.9 Å². The van der Waals surface area contributed by atoms with Gasteiger partial charge in [0.05, 0.1) is 39.2 Å². The molecule has 1 aliphatic carbocycles. The van der Waals surface area contributed by atoms with Crippen LogP contribution < -0.4 is 15.4 Å². The standard InChI is InChI=1S/C17H16ClFN2O4.Ag/c18-13-14-10(5-12(19)15(13)20-4-3-9(22)6-20)16(23)11(17(24)25)7-21(14)8-1-2-8;/h5,7-9,22H,1-4,6H2,(H,24,25);/q;+1/p-1. The third kappa shape index (κ3) is 3.08. The van der Waals surface area contributed by atoms with Gasteiger partial charge in [-0.15, -0.1) is 0 Å². The van der Waals surface area contributed by atoms with Crippen LogP contribution in [0.2, 0.25) is 5.02 Å². The minimum atomic E-state index is -1.59. The predicted octanol–water partition coefficient (Wildman–Crippen LogP) is 1.06. The number of pyridine rings is 1. The van der Waals surface area contributed by atoms with Crippen molar-refractivity contribution in [3.05, 3.63) is 38.9 Å². The number of β-amino-alcohol motifs (C(OH)–C–C–N with tert-alkyl or cyclic N) is 1. The molecule has 1 N–H and O–H groups in total. The number of hydrogen-bond acceptors (Lipinski definition) is 5. The summed E-state index contributed by atoms with van der Waals surface area (Å²) in [6, 6.07) is 1.07. The SMILES string of the molecule is O=C([O-])c1cn(C2CC2)c2c(Cl)c(N3CCC(O)C3)c(F)cc2c1=O.[Ag+]. The van der Waals surface area contributed by atoms with Crippen LogP contribution in [0.15, 0.2) is 17.1 Å². The van der Waals surface area contributed by atoms with E-state index in [0.717, 1.165) is 18.9 Å². The fourth-order valence-electron chi connectivity index (χ4n) is 3.45. The number of carbonyl (C=O) groups is 1. The maximum atomic E-state index is 14.7. The van der Waals surface area contributed by atoms with Gasteiger partial charge < -0.3 is 24.5 Å². The summed E-state index contributed by atoms with van der Waals surface area (Å²) >= 11 is 6.47. The number of rotatable bonds is 3. The Morgan fingerprint density at radius 3 is 2.58 bits per heavy atom. The second kappa shape index (κ2) is 6.98. The van der Waals surface area contributed by atoms with E-state index in [4.69, 9.17) is 11.6 Å². The van der Waals surface area contributed by atoms with Crippen LogP contribution in [0.3, 0.4) is 0 Å². The molecule has 6 nitrogen and oxygen atoms in total. The van der Waals surface area contributed by atoms with Gasteiger partial charge in [-0.3, -0.25) is 4.79 Å². The molecule has 2 fully saturated rings. The molecule has 1 aromatic heterocycles. The second-order valence-electron chi connectivity index (χ2n) is 6.60. The van der Waals surface area contributed by atoms with Gasteiger partial charge in [-0.2, -0.15) is 0 Å². The third-order valence-corrected chi connectivity index (χ3v) is 5.18. The Labute approximate surface area is 168 Å². The first kappa shape index (κ1) is 19.4. The first-order chi connectivity index (χ1) is 11.9. The van der Waals surface area contributed by atoms with Gasteiger partial charge in [0.1, 0.15) is 5.82 Å². The van der Waals surface area contributed by atoms with E-state index in [9.17, 15) is 24.2 Å². The molecule has 0 amide bonds. The summed E-state index contributed by atoms with van der Waals surface area (Å²) in [5.41, 5.74) is -0.836. The summed E-state index contributed by atoms with van der Waals surface area (Å²) in [4.78, 5) is 25.3. The van der Waals surface area contributed by atoms with Crippen molar-refractivity contribution in [2.45, 2.75) is 31.4 Å². The number of halogens is 2. The van der Waals surface area contributed by atoms with Crippen molar-refractivity contribution in [3.8, 4) is 0 Å². The van der Waals surface area contributed by atoms with Crippen molar-refractivity contribution < 1.29 is 41.8 Å². The van der Waals surface area contributed by atoms with E-state index in [1.54, 1.807) is 9.47 Å². The summed E-state index contributed by atoms with van der Waals surface area (Å²) in [7, 11) is 0. The van der Waals surface area contributed by atoms with E-state index in [-0.39, 0.29) is 51.1 Å². The van der Waals surface area contributed by atoms with Gasteiger partial charge in [-0.25, -0.2) is 4.39 Å². The van der Waals surface area contributed by atoms with Crippen molar-refractivity contribution in [2.24, 2.45) is 0 Å². The van der Waals surface area contributed by atoms with Crippen molar-refractivity contribution in [3.63, 3.8) is 0 Å². The van der Waals surface area contributed by atoms with E-state index >= 15 is 0 Å². The number of aromatic nitrogens is 1. The summed E-state index contributed by atoms with van der Waals surface area (Å²) < 4.78 is 16.3. The van der Waals surface area contributed by atoms with Crippen LogP contribution in [0, 0.1) is 5.82 Å². The van der Waals surface area contributed by atoms with Crippen LogP contribution in [-0.4, -0.2) is 34.8 Å². The number of carbonyl (C=O) groups excluding carboxylic acids is 1. The van der Waals surface area contributed by atoms with Gasteiger partial charge in [0.25, 0.3) is 0 Å². The van der Waals surface area contributed by atoms with Crippen LogP contribution in [-0.2, 0) is 22.4 Å². The van der Waals surface area contributed by atoms with E-state index < -0.39 is 28.9 Å². The van der Waals surface area contributed by atoms with Gasteiger partial charge in [0.15, 0.2) is 5.43 Å². The number of aromatic carboxylic acids is 1. The number of hydrogen-bond donors (Lipinski definition) is 1. The van der Waals surface area contributed by atoms with Gasteiger partial charge in [0, 0.05) is 25.3 Å². The fraction of sp³-hybridized carbons (Fsp3) is 0.412. The summed E-state index contributed by atoms with van der Waals surface area (Å²) in [5.74, 6) is -2.30. The Balaban J connectivity index is 0.00000196. The first-order valence-electron chi connectivity index (χ1n) is 8.09. The third-order valence-electron chi connectivity index (χ3n) is 4.82. The topological polar surface area (TPSA) is 85.6 Å². The smallest absolute Gasteiger partial charge is 0.545 e. The number of carboxylic acid groups (broad SMARTS) is 1. The van der Waals surface area contributed by atoms with Crippen molar-refractivity contribution in [1.82, 2.24) is 4.57 Å². The second-order valence-corrected chi connectivity index (χ2v) is 6.98. The minimum absolute atomic E-state index is 0. The molecule has 0 bridgehead atoms. The largest absolute Gasteiger partial charge is 1.00 e. The van der Waals surface area contributed by atoms with Crippen molar-refractivity contribution >= 4 is 34.2 Å². The molecule has 9 heteroatoms. The average molecular weight is 474 g/mol. The Kier molecular flexibility index (Phi) is 5.20. The van der Waals surface area contributed by atoms with Crippen LogP contribution in [0.5, 0.6) is 0 Å². The molecule has 2 heterocycles. The zero-order chi connectivity index (χ0) is 17.9. The van der Waals surface area contributed by atoms with E-state index in [1.165, 1.54) is 6.20 Å². The molecule has 1 saturated carbocycles. The fourth-order valence-corrected chi connectivity index (χ4v) is 3.86. The van der Waals surface area contributed by atoms with Crippen LogP contribution >= 0.6 is 11.6 Å². The molecule has 1 saturated heterocycles. The minimum Gasteiger partial charge on any atom is -0.545 e. The normalized spacial score (nSPS) is 19.7. The molecule has 1 unspecified atom stereocenters. The average Bonchev–Trinajstić information content (AvgIpc) is 3.30. The number of carboxylic acids is 1. The Morgan fingerprint density at radius 2 is 2.04 bits per heavy atom. The molecule has 4 rings (SSSR count). The van der Waals surface area contributed by atoms with Crippen molar-refractivity contribution in [1.29, 1.82) is 0 Å². The molecular weight excluding hydrogens is 459 g/mol. The van der Waals surface area contributed by atoms with Gasteiger partial charge >= 0.3 is 22.4 Å². The Bertz CT molecular complexity index is 960. The number of aliphatic hydroxyl groups excluding tert-OH is 1. The monoisotopic (exact) mass is 472 g/mol. The van der Waals surface area contributed by atoms with Crippen LogP contribution in [0.4, 0.5) is 10.1 Å². The van der Waals surface area contributed by atoms with Gasteiger partial charge in [0.2, 0.25) is 0 Å². The zero-order valence-corrected chi connectivity index (χ0v) is 15.7. The first-order valence-corrected chi connectivity index (χ1v) is 8.47. The summed E-state index contributed by atoms with van der Waals surface area (Å²) in [6.45, 7) is 0.709. The number of benzene rings is 1. The Morgan fingerprint density at radius 1 is 1.35 bits per heavy atom. The number of fused-ring (bicyclic) bond motifs is 1. The zero-order valence-electron chi connectivity index (χ0n) is 13.5. The molecule has 2 aromatic rings. The number of aliphatic hydroxyl groups is 1. The maximum Gasteiger partial charge on any atom is 1.00 e. The predicted molar refractivity (Wildman–Crippen MR) is 88.6 cm³/mol. The molecule has 0 spiro atoms. The quantitative estimate of drug-likeness (QED) is 0.674. The number of nitrogens with zero attached hydrogens (tertiary/aromatic N) is 2. The molecule has 2 aliphatic rings. The molecular formula is C17H15AgClFN2O4. The maximum absolute atomic E-state index is 14.7. The molecule has 1 atom stereocenters. The molecule has 26 heavy (non-hydrogen) atoms. The van der Waals surface area contributed by atoms with E-state index in [1.807, 2.05) is 0 Å². The Hall–Kier alpha value is -1.38. The molecule has 1 aliphatic heterocycles. The van der Waals surface area contributed by atoms with Crippen molar-refractivity contribution in [2.75, 3.05) is 18.0 Å². The van der Waals surface area contributed by atoms with Gasteiger partial charge in [-0.05, 0) is 25.3 Å². The molecule has 1 aromatic carbocycles. The summed E-state index contributed by atoms with van der Waals surface area (Å²) in [6.07, 6.45) is 2.85.